The van der Waals surface area contributed by atoms with Gasteiger partial charge in [-0.05, 0) is 49.5 Å². The van der Waals surface area contributed by atoms with Gasteiger partial charge in [0.1, 0.15) is 5.65 Å². The minimum absolute atomic E-state index is 0.548. The molecule has 0 unspecified atom stereocenters. The molecule has 1 aromatic carbocycles. The van der Waals surface area contributed by atoms with Gasteiger partial charge >= 0.3 is 0 Å². The number of fused-ring (bicyclic) bond motifs is 1. The lowest BCUT2D eigenvalue weighted by atomic mass is 10.0. The zero-order chi connectivity index (χ0) is 18.8. The Balaban J connectivity index is 1.77. The second kappa shape index (κ2) is 7.83. The molecule has 4 nitrogen and oxygen atoms in total. The van der Waals surface area contributed by atoms with Crippen molar-refractivity contribution in [2.24, 2.45) is 0 Å². The lowest BCUT2D eigenvalue weighted by molar-refractivity contribution is 0.281. The summed E-state index contributed by atoms with van der Waals surface area (Å²) in [4.78, 5) is 7.62. The van der Waals surface area contributed by atoms with E-state index >= 15 is 0 Å². The van der Waals surface area contributed by atoms with Crippen LogP contribution < -0.4 is 5.32 Å². The van der Waals surface area contributed by atoms with E-state index in [1.807, 2.05) is 0 Å². The van der Waals surface area contributed by atoms with Crippen LogP contribution in [0.5, 0.6) is 0 Å². The lowest BCUT2D eigenvalue weighted by Gasteiger charge is -2.20. The zero-order valence-electron chi connectivity index (χ0n) is 16.7. The highest BCUT2D eigenvalue weighted by molar-refractivity contribution is 5.68. The minimum Gasteiger partial charge on any atom is -0.315 e. The Kier molecular flexibility index (Phi) is 5.28. The van der Waals surface area contributed by atoms with Gasteiger partial charge in [-0.3, -0.25) is 4.90 Å². The predicted molar refractivity (Wildman–Crippen MR) is 112 cm³/mol. The molecule has 1 aliphatic rings. The number of nitrogens with zero attached hydrogens (tertiary/aromatic N) is 3. The summed E-state index contributed by atoms with van der Waals surface area (Å²) < 4.78 is 2.29. The molecule has 1 aliphatic heterocycles. The van der Waals surface area contributed by atoms with Gasteiger partial charge in [-0.25, -0.2) is 4.98 Å². The monoisotopic (exact) mass is 362 g/mol. The molecular weight excluding hydrogens is 332 g/mol. The van der Waals surface area contributed by atoms with E-state index in [1.165, 1.54) is 28.8 Å². The van der Waals surface area contributed by atoms with Crippen LogP contribution in [0.25, 0.3) is 16.9 Å². The molecule has 1 saturated heterocycles. The zero-order valence-corrected chi connectivity index (χ0v) is 16.7. The SMILES string of the molecule is Cc1cccn2c(CN3CCCNCC3)c(-c3ccc(C(C)C)cc3)nc12. The maximum Gasteiger partial charge on any atom is 0.140 e. The third-order valence-corrected chi connectivity index (χ3v) is 5.60. The molecule has 0 amide bonds. The fourth-order valence-corrected chi connectivity index (χ4v) is 3.93. The summed E-state index contributed by atoms with van der Waals surface area (Å²) in [6.07, 6.45) is 3.36. The van der Waals surface area contributed by atoms with Crippen LogP contribution in [-0.4, -0.2) is 40.5 Å². The van der Waals surface area contributed by atoms with E-state index in [-0.39, 0.29) is 0 Å². The van der Waals surface area contributed by atoms with E-state index in [0.29, 0.717) is 5.92 Å². The number of nitrogens with one attached hydrogen (secondary N) is 1. The van der Waals surface area contributed by atoms with E-state index in [9.17, 15) is 0 Å². The molecule has 0 aliphatic carbocycles. The molecule has 0 radical (unpaired) electrons. The molecular formula is C23H30N4. The molecule has 0 bridgehead atoms. The molecule has 1 N–H and O–H groups in total. The van der Waals surface area contributed by atoms with Crippen molar-refractivity contribution in [2.45, 2.75) is 39.7 Å². The number of rotatable bonds is 4. The summed E-state index contributed by atoms with van der Waals surface area (Å²) in [6.45, 7) is 12.0. The standard InChI is InChI=1S/C23H30N4/c1-17(2)19-7-9-20(10-8-19)22-21(16-26-13-5-11-24-12-15-26)27-14-4-6-18(3)23(27)25-22/h4,6-10,14,17,24H,5,11-13,15-16H2,1-3H3. The normalized spacial score (nSPS) is 16.1. The largest absolute Gasteiger partial charge is 0.315 e. The first kappa shape index (κ1) is 18.2. The van der Waals surface area contributed by atoms with Gasteiger partial charge in [0.25, 0.3) is 0 Å². The summed E-state index contributed by atoms with van der Waals surface area (Å²) in [7, 11) is 0. The molecule has 27 heavy (non-hydrogen) atoms. The average Bonchev–Trinajstić information content (AvgIpc) is 2.85. The topological polar surface area (TPSA) is 32.6 Å². The van der Waals surface area contributed by atoms with Gasteiger partial charge < -0.3 is 9.72 Å². The third kappa shape index (κ3) is 3.78. The highest BCUT2D eigenvalue weighted by Crippen LogP contribution is 2.28. The van der Waals surface area contributed by atoms with Crippen molar-refractivity contribution in [1.29, 1.82) is 0 Å². The second-order valence-corrected chi connectivity index (χ2v) is 7.95. The van der Waals surface area contributed by atoms with E-state index in [4.69, 9.17) is 4.98 Å². The molecule has 3 heterocycles. The Hall–Kier alpha value is -2.17. The molecule has 2 aromatic heterocycles. The number of aryl methyl sites for hydroxylation is 1. The molecule has 4 rings (SSSR count). The maximum absolute atomic E-state index is 5.07. The van der Waals surface area contributed by atoms with Crippen molar-refractivity contribution in [3.05, 3.63) is 59.4 Å². The predicted octanol–water partition coefficient (Wildman–Crippen LogP) is 4.23. The molecule has 142 valence electrons. The molecule has 0 atom stereocenters. The fourth-order valence-electron chi connectivity index (χ4n) is 3.93. The Bertz CT molecular complexity index is 900. The maximum atomic E-state index is 5.07. The molecule has 0 saturated carbocycles. The highest BCUT2D eigenvalue weighted by Gasteiger charge is 2.19. The summed E-state index contributed by atoms with van der Waals surface area (Å²) in [5, 5.41) is 3.50. The minimum atomic E-state index is 0.548. The first-order valence-corrected chi connectivity index (χ1v) is 10.1. The Labute approximate surface area is 162 Å². The van der Waals surface area contributed by atoms with E-state index in [2.05, 4.69) is 78.0 Å². The molecule has 3 aromatic rings. The van der Waals surface area contributed by atoms with Gasteiger partial charge in [0.2, 0.25) is 0 Å². The van der Waals surface area contributed by atoms with Crippen LogP contribution in [0.2, 0.25) is 0 Å². The number of aromatic nitrogens is 2. The van der Waals surface area contributed by atoms with Crippen LogP contribution >= 0.6 is 0 Å². The summed E-state index contributed by atoms with van der Waals surface area (Å²) in [6, 6.07) is 13.2. The summed E-state index contributed by atoms with van der Waals surface area (Å²) in [5.74, 6) is 0.548. The average molecular weight is 363 g/mol. The van der Waals surface area contributed by atoms with Crippen molar-refractivity contribution in [3.8, 4) is 11.3 Å². The smallest absolute Gasteiger partial charge is 0.140 e. The number of benzene rings is 1. The Morgan fingerprint density at radius 2 is 1.89 bits per heavy atom. The first-order valence-electron chi connectivity index (χ1n) is 10.1. The van der Waals surface area contributed by atoms with Gasteiger partial charge in [-0.15, -0.1) is 0 Å². The van der Waals surface area contributed by atoms with Gasteiger partial charge in [-0.1, -0.05) is 44.2 Å². The van der Waals surface area contributed by atoms with Crippen LogP contribution in [0.1, 0.15) is 43.0 Å². The number of imidazole rings is 1. The van der Waals surface area contributed by atoms with Crippen molar-refractivity contribution in [2.75, 3.05) is 26.2 Å². The number of hydrogen-bond donors (Lipinski definition) is 1. The third-order valence-electron chi connectivity index (χ3n) is 5.60. The second-order valence-electron chi connectivity index (χ2n) is 7.95. The van der Waals surface area contributed by atoms with Crippen molar-refractivity contribution >= 4 is 5.65 Å². The van der Waals surface area contributed by atoms with Crippen LogP contribution in [0, 0.1) is 6.92 Å². The van der Waals surface area contributed by atoms with Gasteiger partial charge in [0, 0.05) is 31.4 Å². The quantitative estimate of drug-likeness (QED) is 0.754. The van der Waals surface area contributed by atoms with Gasteiger partial charge in [0.15, 0.2) is 0 Å². The summed E-state index contributed by atoms with van der Waals surface area (Å²) in [5.41, 5.74) is 7.30. The number of pyridine rings is 1. The fraction of sp³-hybridized carbons (Fsp3) is 0.435. The van der Waals surface area contributed by atoms with E-state index in [1.54, 1.807) is 0 Å². The number of hydrogen-bond acceptors (Lipinski definition) is 3. The molecule has 4 heteroatoms. The highest BCUT2D eigenvalue weighted by atomic mass is 15.2. The van der Waals surface area contributed by atoms with Gasteiger partial charge in [0.05, 0.1) is 11.4 Å². The first-order chi connectivity index (χ1) is 13.1. The van der Waals surface area contributed by atoms with E-state index in [0.717, 1.165) is 44.1 Å². The summed E-state index contributed by atoms with van der Waals surface area (Å²) >= 11 is 0. The van der Waals surface area contributed by atoms with Crippen LogP contribution in [-0.2, 0) is 6.54 Å². The Morgan fingerprint density at radius 1 is 1.07 bits per heavy atom. The Morgan fingerprint density at radius 3 is 2.67 bits per heavy atom. The van der Waals surface area contributed by atoms with Crippen LogP contribution in [0.4, 0.5) is 0 Å². The van der Waals surface area contributed by atoms with Crippen LogP contribution in [0.3, 0.4) is 0 Å². The van der Waals surface area contributed by atoms with Crippen molar-refractivity contribution in [1.82, 2.24) is 19.6 Å². The molecule has 1 fully saturated rings. The van der Waals surface area contributed by atoms with E-state index < -0.39 is 0 Å². The van der Waals surface area contributed by atoms with Crippen molar-refractivity contribution in [3.63, 3.8) is 0 Å². The van der Waals surface area contributed by atoms with Crippen molar-refractivity contribution < 1.29 is 0 Å². The van der Waals surface area contributed by atoms with Crippen LogP contribution in [0.15, 0.2) is 42.6 Å². The molecule has 0 spiro atoms. The van der Waals surface area contributed by atoms with Gasteiger partial charge in [-0.2, -0.15) is 0 Å². The lowest BCUT2D eigenvalue weighted by Crippen LogP contribution is -2.28.